The number of carbonyl (C=O) groups is 1. The molecule has 0 fully saturated rings. The summed E-state index contributed by atoms with van der Waals surface area (Å²) in [7, 11) is 0. The molecule has 0 aromatic carbocycles. The summed E-state index contributed by atoms with van der Waals surface area (Å²) in [5, 5.41) is 2.94. The minimum atomic E-state index is -0.464. The second-order valence-corrected chi connectivity index (χ2v) is 5.67. The number of nitrogens with two attached hydrogens (primary N) is 1. The first-order valence-corrected chi connectivity index (χ1v) is 5.80. The van der Waals surface area contributed by atoms with Crippen LogP contribution in [0.15, 0.2) is 0 Å². The molecule has 0 aliphatic carbocycles. The Morgan fingerprint density at radius 3 is 2.25 bits per heavy atom. The summed E-state index contributed by atoms with van der Waals surface area (Å²) in [5.41, 5.74) is 5.19. The van der Waals surface area contributed by atoms with Crippen LogP contribution in [0.1, 0.15) is 48.0 Å². The number of hydrogen-bond donors (Lipinski definition) is 2. The average molecular weight is 230 g/mol. The molecule has 0 saturated heterocycles. The first kappa shape index (κ1) is 15.4. The molecule has 0 radical (unpaired) electrons. The predicted molar refractivity (Wildman–Crippen MR) is 66.2 cm³/mol. The molecule has 16 heavy (non-hydrogen) atoms. The van der Waals surface area contributed by atoms with Crippen LogP contribution in [0.5, 0.6) is 0 Å². The van der Waals surface area contributed by atoms with E-state index in [9.17, 15) is 4.79 Å². The van der Waals surface area contributed by atoms with Gasteiger partial charge in [0.15, 0.2) is 0 Å². The molecule has 0 aromatic rings. The number of nitrogens with one attached hydrogen (secondary N) is 1. The molecule has 1 unspecified atom stereocenters. The van der Waals surface area contributed by atoms with Gasteiger partial charge in [-0.05, 0) is 41.0 Å². The molecule has 0 aliphatic heterocycles. The van der Waals surface area contributed by atoms with E-state index in [1.807, 2.05) is 34.6 Å². The molecule has 4 heteroatoms. The van der Waals surface area contributed by atoms with E-state index in [4.69, 9.17) is 10.5 Å². The third-order valence-electron chi connectivity index (χ3n) is 2.42. The Hall–Kier alpha value is -0.610. The van der Waals surface area contributed by atoms with Gasteiger partial charge >= 0.3 is 0 Å². The molecule has 0 saturated carbocycles. The third kappa shape index (κ3) is 6.80. The zero-order valence-electron chi connectivity index (χ0n) is 11.4. The summed E-state index contributed by atoms with van der Waals surface area (Å²) in [6.45, 7) is 11.9. The van der Waals surface area contributed by atoms with Crippen LogP contribution in [-0.4, -0.2) is 29.7 Å². The van der Waals surface area contributed by atoms with Crippen molar-refractivity contribution in [2.45, 2.75) is 65.1 Å². The Labute approximate surface area is 98.9 Å². The minimum Gasteiger partial charge on any atom is -0.367 e. The Morgan fingerprint density at radius 1 is 1.38 bits per heavy atom. The van der Waals surface area contributed by atoms with Crippen LogP contribution < -0.4 is 11.1 Å². The molecular formula is C12H26N2O2. The van der Waals surface area contributed by atoms with Gasteiger partial charge in [-0.1, -0.05) is 6.92 Å². The molecule has 0 aliphatic rings. The van der Waals surface area contributed by atoms with Gasteiger partial charge in [0.25, 0.3) is 0 Å². The van der Waals surface area contributed by atoms with Crippen LogP contribution in [0.4, 0.5) is 0 Å². The van der Waals surface area contributed by atoms with Crippen molar-refractivity contribution in [2.24, 2.45) is 5.73 Å². The molecule has 0 spiro atoms. The van der Waals surface area contributed by atoms with Crippen LogP contribution >= 0.6 is 0 Å². The molecule has 0 aromatic heterocycles. The van der Waals surface area contributed by atoms with E-state index in [1.54, 1.807) is 6.92 Å². The molecular weight excluding hydrogens is 204 g/mol. The van der Waals surface area contributed by atoms with E-state index >= 15 is 0 Å². The van der Waals surface area contributed by atoms with E-state index in [0.29, 0.717) is 6.61 Å². The first-order chi connectivity index (χ1) is 7.07. The highest BCUT2D eigenvalue weighted by Crippen LogP contribution is 2.08. The molecule has 4 nitrogen and oxygen atoms in total. The second kappa shape index (κ2) is 5.64. The molecule has 1 atom stereocenters. The van der Waals surface area contributed by atoms with Crippen molar-refractivity contribution in [3.8, 4) is 0 Å². The minimum absolute atomic E-state index is 0.0869. The molecule has 0 bridgehead atoms. The fourth-order valence-corrected chi connectivity index (χ4v) is 0.939. The number of rotatable bonds is 6. The van der Waals surface area contributed by atoms with E-state index < -0.39 is 11.6 Å². The monoisotopic (exact) mass is 230 g/mol. The number of amides is 1. The van der Waals surface area contributed by atoms with E-state index in [-0.39, 0.29) is 11.4 Å². The highest BCUT2D eigenvalue weighted by Gasteiger charge is 2.23. The lowest BCUT2D eigenvalue weighted by molar-refractivity contribution is -0.134. The number of hydrogen-bond acceptors (Lipinski definition) is 3. The quantitative estimate of drug-likeness (QED) is 0.725. The summed E-state index contributed by atoms with van der Waals surface area (Å²) in [6.07, 6.45) is 0.419. The lowest BCUT2D eigenvalue weighted by Crippen LogP contribution is -2.48. The van der Waals surface area contributed by atoms with Gasteiger partial charge in [0.2, 0.25) is 5.91 Å². The normalized spacial score (nSPS) is 14.7. The van der Waals surface area contributed by atoms with Crippen molar-refractivity contribution in [1.29, 1.82) is 0 Å². The van der Waals surface area contributed by atoms with Crippen LogP contribution in [0.2, 0.25) is 0 Å². The van der Waals surface area contributed by atoms with Crippen molar-refractivity contribution in [3.05, 3.63) is 0 Å². The zero-order chi connectivity index (χ0) is 13.0. The number of ether oxygens (including phenoxy) is 1. The Balaban J connectivity index is 4.10. The summed E-state index contributed by atoms with van der Waals surface area (Å²) in [6, 6.07) is 0. The summed E-state index contributed by atoms with van der Waals surface area (Å²) < 4.78 is 5.42. The van der Waals surface area contributed by atoms with Gasteiger partial charge in [0, 0.05) is 11.1 Å². The molecule has 96 valence electrons. The highest BCUT2D eigenvalue weighted by molar-refractivity contribution is 5.81. The van der Waals surface area contributed by atoms with Gasteiger partial charge in [-0.2, -0.15) is 0 Å². The lowest BCUT2D eigenvalue weighted by atomic mass is 10.0. The van der Waals surface area contributed by atoms with Gasteiger partial charge in [0.1, 0.15) is 6.10 Å². The van der Waals surface area contributed by atoms with E-state index in [1.165, 1.54) is 0 Å². The predicted octanol–water partition coefficient (Wildman–Crippen LogP) is 1.43. The van der Waals surface area contributed by atoms with Crippen molar-refractivity contribution >= 4 is 5.91 Å². The van der Waals surface area contributed by atoms with E-state index in [0.717, 1.165) is 6.42 Å². The van der Waals surface area contributed by atoms with Crippen molar-refractivity contribution < 1.29 is 9.53 Å². The van der Waals surface area contributed by atoms with Crippen molar-refractivity contribution in [3.63, 3.8) is 0 Å². The maximum Gasteiger partial charge on any atom is 0.249 e. The van der Waals surface area contributed by atoms with Crippen LogP contribution in [0.25, 0.3) is 0 Å². The lowest BCUT2D eigenvalue weighted by Gasteiger charge is -2.27. The second-order valence-electron chi connectivity index (χ2n) is 5.67. The Kier molecular flexibility index (Phi) is 5.42. The fraction of sp³-hybridized carbons (Fsp3) is 0.917. The summed E-state index contributed by atoms with van der Waals surface area (Å²) >= 11 is 0. The van der Waals surface area contributed by atoms with Crippen LogP contribution in [0, 0.1) is 0 Å². The van der Waals surface area contributed by atoms with Crippen LogP contribution in [-0.2, 0) is 9.53 Å². The van der Waals surface area contributed by atoms with Crippen LogP contribution in [0.3, 0.4) is 0 Å². The summed E-state index contributed by atoms with van der Waals surface area (Å²) in [5.74, 6) is -0.0869. The Morgan fingerprint density at radius 2 is 1.88 bits per heavy atom. The van der Waals surface area contributed by atoms with Crippen molar-refractivity contribution in [1.82, 2.24) is 5.32 Å². The van der Waals surface area contributed by atoms with E-state index in [2.05, 4.69) is 5.32 Å². The number of carbonyl (C=O) groups excluding carboxylic acids is 1. The highest BCUT2D eigenvalue weighted by atomic mass is 16.5. The topological polar surface area (TPSA) is 64.3 Å². The van der Waals surface area contributed by atoms with Crippen molar-refractivity contribution in [2.75, 3.05) is 6.61 Å². The van der Waals surface area contributed by atoms with Gasteiger partial charge < -0.3 is 15.8 Å². The maximum absolute atomic E-state index is 11.8. The molecule has 3 N–H and O–H groups in total. The average Bonchev–Trinajstić information content (AvgIpc) is 2.12. The SMILES string of the molecule is CCC(C)(C)NC(=O)C(C)OCC(C)(C)N. The van der Waals surface area contributed by atoms with Gasteiger partial charge in [-0.15, -0.1) is 0 Å². The van der Waals surface area contributed by atoms with Gasteiger partial charge in [-0.25, -0.2) is 0 Å². The standard InChI is InChI=1S/C12H26N2O2/c1-7-12(5,6)14-10(15)9(2)16-8-11(3,4)13/h9H,7-8,13H2,1-6H3,(H,14,15). The fourth-order valence-electron chi connectivity index (χ4n) is 0.939. The molecule has 0 heterocycles. The molecule has 0 rings (SSSR count). The van der Waals surface area contributed by atoms with Gasteiger partial charge in [0.05, 0.1) is 6.61 Å². The summed E-state index contributed by atoms with van der Waals surface area (Å²) in [4.78, 5) is 11.8. The third-order valence-corrected chi connectivity index (χ3v) is 2.42. The Bertz CT molecular complexity index is 232. The smallest absolute Gasteiger partial charge is 0.249 e. The largest absolute Gasteiger partial charge is 0.367 e. The molecule has 1 amide bonds. The maximum atomic E-state index is 11.8. The zero-order valence-corrected chi connectivity index (χ0v) is 11.4. The first-order valence-electron chi connectivity index (χ1n) is 5.80. The van der Waals surface area contributed by atoms with Gasteiger partial charge in [-0.3, -0.25) is 4.79 Å².